The molecule has 0 bridgehead atoms. The second-order valence-electron chi connectivity index (χ2n) is 2.41. The van der Waals surface area contributed by atoms with Crippen molar-refractivity contribution < 1.29 is 4.74 Å². The zero-order valence-electron chi connectivity index (χ0n) is 6.68. The highest BCUT2D eigenvalue weighted by molar-refractivity contribution is 5.76. The lowest BCUT2D eigenvalue weighted by molar-refractivity contribution is 0.185. The van der Waals surface area contributed by atoms with Gasteiger partial charge in [-0.1, -0.05) is 0 Å². The maximum absolute atomic E-state index is 5.18. The SMILES string of the molecule is NC(N)=N/N=C/C1CCC=CO1. The summed E-state index contributed by atoms with van der Waals surface area (Å²) in [7, 11) is 0. The fourth-order valence-corrected chi connectivity index (χ4v) is 0.837. The average molecular weight is 168 g/mol. The van der Waals surface area contributed by atoms with Gasteiger partial charge in [0.25, 0.3) is 0 Å². The number of allylic oxidation sites excluding steroid dienone is 1. The Hall–Kier alpha value is -1.52. The first-order chi connectivity index (χ1) is 5.79. The molecule has 0 aromatic rings. The molecular weight excluding hydrogens is 156 g/mol. The second kappa shape index (κ2) is 4.38. The van der Waals surface area contributed by atoms with Crippen LogP contribution >= 0.6 is 0 Å². The Morgan fingerprint density at radius 3 is 3.00 bits per heavy atom. The molecule has 0 saturated heterocycles. The standard InChI is InChI=1S/C7H12N4O/c8-7(9)11-10-5-6-3-1-2-4-12-6/h2,4-6H,1,3H2,(H4,8,9,11)/b10-5+. The predicted octanol–water partition coefficient (Wildman–Crippen LogP) is -0.0617. The van der Waals surface area contributed by atoms with Gasteiger partial charge in [-0.25, -0.2) is 0 Å². The predicted molar refractivity (Wildman–Crippen MR) is 47.5 cm³/mol. The van der Waals surface area contributed by atoms with E-state index in [2.05, 4.69) is 10.2 Å². The molecular formula is C7H12N4O. The van der Waals surface area contributed by atoms with Crippen LogP contribution in [-0.4, -0.2) is 18.3 Å². The van der Waals surface area contributed by atoms with Crippen LogP contribution in [0, 0.1) is 0 Å². The lowest BCUT2D eigenvalue weighted by Crippen LogP contribution is -2.22. The highest BCUT2D eigenvalue weighted by Gasteiger charge is 2.06. The first-order valence-electron chi connectivity index (χ1n) is 3.71. The first-order valence-corrected chi connectivity index (χ1v) is 3.71. The van der Waals surface area contributed by atoms with E-state index in [1.165, 1.54) is 0 Å². The molecule has 66 valence electrons. The van der Waals surface area contributed by atoms with Gasteiger partial charge >= 0.3 is 0 Å². The zero-order valence-corrected chi connectivity index (χ0v) is 6.68. The Bertz CT molecular complexity index is 217. The van der Waals surface area contributed by atoms with Crippen LogP contribution in [0.15, 0.2) is 22.5 Å². The zero-order chi connectivity index (χ0) is 8.81. The molecule has 4 N–H and O–H groups in total. The van der Waals surface area contributed by atoms with Gasteiger partial charge in [-0.2, -0.15) is 5.10 Å². The minimum absolute atomic E-state index is 0.00176. The number of hydrogen-bond donors (Lipinski definition) is 2. The van der Waals surface area contributed by atoms with Crippen LogP contribution in [0.5, 0.6) is 0 Å². The summed E-state index contributed by atoms with van der Waals surface area (Å²) in [5.41, 5.74) is 10.1. The molecule has 0 fully saturated rings. The van der Waals surface area contributed by atoms with Crippen molar-refractivity contribution in [3.8, 4) is 0 Å². The van der Waals surface area contributed by atoms with Gasteiger partial charge in [0.15, 0.2) is 0 Å². The van der Waals surface area contributed by atoms with Gasteiger partial charge in [0.05, 0.1) is 12.5 Å². The third-order valence-corrected chi connectivity index (χ3v) is 1.37. The summed E-state index contributed by atoms with van der Waals surface area (Å²) < 4.78 is 5.18. The van der Waals surface area contributed by atoms with Gasteiger partial charge < -0.3 is 16.2 Å². The summed E-state index contributed by atoms with van der Waals surface area (Å²) in [5, 5.41) is 7.10. The Kier molecular flexibility index (Phi) is 3.13. The third-order valence-electron chi connectivity index (χ3n) is 1.37. The minimum Gasteiger partial charge on any atom is -0.493 e. The molecule has 1 heterocycles. The minimum atomic E-state index is -0.0439. The van der Waals surface area contributed by atoms with Crippen molar-refractivity contribution in [1.82, 2.24) is 0 Å². The van der Waals surface area contributed by atoms with Crippen molar-refractivity contribution in [3.05, 3.63) is 12.3 Å². The highest BCUT2D eigenvalue weighted by Crippen LogP contribution is 2.07. The van der Waals surface area contributed by atoms with Crippen molar-refractivity contribution in [3.63, 3.8) is 0 Å². The number of hydrogen-bond acceptors (Lipinski definition) is 3. The maximum atomic E-state index is 5.18. The quantitative estimate of drug-likeness (QED) is 0.344. The van der Waals surface area contributed by atoms with Crippen LogP contribution in [0.4, 0.5) is 0 Å². The van der Waals surface area contributed by atoms with Crippen LogP contribution < -0.4 is 11.5 Å². The van der Waals surface area contributed by atoms with Gasteiger partial charge in [-0.3, -0.25) is 0 Å². The van der Waals surface area contributed by atoms with Gasteiger partial charge in [-0.05, 0) is 18.9 Å². The Balaban J connectivity index is 2.35. The molecule has 0 aliphatic carbocycles. The molecule has 5 nitrogen and oxygen atoms in total. The Morgan fingerprint density at radius 1 is 1.58 bits per heavy atom. The fraction of sp³-hybridized carbons (Fsp3) is 0.429. The van der Waals surface area contributed by atoms with Crippen LogP contribution in [0.1, 0.15) is 12.8 Å². The molecule has 1 unspecified atom stereocenters. The monoisotopic (exact) mass is 168 g/mol. The average Bonchev–Trinajstić information content (AvgIpc) is 2.05. The molecule has 1 aliphatic heterocycles. The fourth-order valence-electron chi connectivity index (χ4n) is 0.837. The number of guanidine groups is 1. The number of rotatable bonds is 2. The van der Waals surface area contributed by atoms with Crippen molar-refractivity contribution in [2.75, 3.05) is 0 Å². The number of ether oxygens (including phenoxy) is 1. The smallest absolute Gasteiger partial charge is 0.211 e. The van der Waals surface area contributed by atoms with Crippen molar-refractivity contribution in [2.45, 2.75) is 18.9 Å². The molecule has 0 saturated carbocycles. The lowest BCUT2D eigenvalue weighted by atomic mass is 10.2. The molecule has 5 heteroatoms. The van der Waals surface area contributed by atoms with Crippen molar-refractivity contribution in [2.24, 2.45) is 21.7 Å². The highest BCUT2D eigenvalue weighted by atomic mass is 16.5. The van der Waals surface area contributed by atoms with E-state index in [1.54, 1.807) is 12.5 Å². The molecule has 0 aromatic heterocycles. The van der Waals surface area contributed by atoms with Gasteiger partial charge in [0.1, 0.15) is 6.10 Å². The third kappa shape index (κ3) is 3.05. The van der Waals surface area contributed by atoms with Gasteiger partial charge in [0.2, 0.25) is 5.96 Å². The van der Waals surface area contributed by atoms with Crippen LogP contribution in [0.3, 0.4) is 0 Å². The van der Waals surface area contributed by atoms with E-state index in [9.17, 15) is 0 Å². The van der Waals surface area contributed by atoms with Crippen molar-refractivity contribution in [1.29, 1.82) is 0 Å². The van der Waals surface area contributed by atoms with E-state index in [-0.39, 0.29) is 12.1 Å². The largest absolute Gasteiger partial charge is 0.493 e. The van der Waals surface area contributed by atoms with Gasteiger partial charge in [0, 0.05) is 0 Å². The number of nitrogens with two attached hydrogens (primary N) is 2. The second-order valence-corrected chi connectivity index (χ2v) is 2.41. The summed E-state index contributed by atoms with van der Waals surface area (Å²) in [4.78, 5) is 0. The number of nitrogens with zero attached hydrogens (tertiary/aromatic N) is 2. The first kappa shape index (κ1) is 8.58. The van der Waals surface area contributed by atoms with Crippen LogP contribution in [0.25, 0.3) is 0 Å². The molecule has 1 aliphatic rings. The van der Waals surface area contributed by atoms with E-state index in [4.69, 9.17) is 16.2 Å². The lowest BCUT2D eigenvalue weighted by Gasteiger charge is -2.13. The molecule has 0 aromatic carbocycles. The molecule has 1 rings (SSSR count). The maximum Gasteiger partial charge on any atom is 0.211 e. The van der Waals surface area contributed by atoms with Crippen molar-refractivity contribution >= 4 is 12.2 Å². The summed E-state index contributed by atoms with van der Waals surface area (Å²) in [6.07, 6.45) is 7.13. The van der Waals surface area contributed by atoms with E-state index in [0.717, 1.165) is 12.8 Å². The Labute approximate surface area is 70.8 Å². The van der Waals surface area contributed by atoms with E-state index in [0.29, 0.717) is 0 Å². The summed E-state index contributed by atoms with van der Waals surface area (Å²) in [6.45, 7) is 0. The van der Waals surface area contributed by atoms with Crippen LogP contribution in [0.2, 0.25) is 0 Å². The van der Waals surface area contributed by atoms with Crippen LogP contribution in [-0.2, 0) is 4.74 Å². The van der Waals surface area contributed by atoms with E-state index < -0.39 is 0 Å². The molecule has 12 heavy (non-hydrogen) atoms. The molecule has 0 spiro atoms. The normalized spacial score (nSPS) is 22.2. The van der Waals surface area contributed by atoms with E-state index >= 15 is 0 Å². The molecule has 0 radical (unpaired) electrons. The Morgan fingerprint density at radius 2 is 2.42 bits per heavy atom. The molecule has 0 amide bonds. The topological polar surface area (TPSA) is 86.0 Å². The van der Waals surface area contributed by atoms with Gasteiger partial charge in [-0.15, -0.1) is 5.10 Å². The summed E-state index contributed by atoms with van der Waals surface area (Å²) in [5.74, 6) is -0.0439. The van der Waals surface area contributed by atoms with E-state index in [1.807, 2.05) is 6.08 Å². The summed E-state index contributed by atoms with van der Waals surface area (Å²) >= 11 is 0. The summed E-state index contributed by atoms with van der Waals surface area (Å²) in [6, 6.07) is 0. The molecule has 1 atom stereocenters.